The van der Waals surface area contributed by atoms with E-state index in [1.54, 1.807) is 18.7 Å². The fraction of sp³-hybridized carbons (Fsp3) is 0.786. The molecule has 0 atom stereocenters. The van der Waals surface area contributed by atoms with E-state index >= 15 is 0 Å². The van der Waals surface area contributed by atoms with Crippen LogP contribution in [-0.2, 0) is 16.6 Å². The summed E-state index contributed by atoms with van der Waals surface area (Å²) >= 11 is 0. The Hall–Kier alpha value is -0.920. The van der Waals surface area contributed by atoms with Crippen LogP contribution in [0.5, 0.6) is 0 Å². The lowest BCUT2D eigenvalue weighted by Gasteiger charge is -2.19. The minimum atomic E-state index is -3.48. The Morgan fingerprint density at radius 1 is 1.33 bits per heavy atom. The van der Waals surface area contributed by atoms with Gasteiger partial charge in [0.15, 0.2) is 0 Å². The maximum Gasteiger partial charge on any atom is 0.246 e. The van der Waals surface area contributed by atoms with Gasteiger partial charge in [-0.05, 0) is 26.3 Å². The lowest BCUT2D eigenvalue weighted by molar-refractivity contribution is 0.416. The van der Waals surface area contributed by atoms with Crippen LogP contribution in [0.25, 0.3) is 0 Å². The zero-order chi connectivity index (χ0) is 16.2. The molecule has 0 saturated heterocycles. The van der Waals surface area contributed by atoms with Crippen molar-refractivity contribution in [1.82, 2.24) is 19.4 Å². The molecule has 0 aliphatic carbocycles. The molecule has 1 rings (SSSR count). The van der Waals surface area contributed by atoms with Crippen LogP contribution in [-0.4, -0.2) is 49.2 Å². The van der Waals surface area contributed by atoms with Crippen LogP contribution < -0.4 is 5.32 Å². The molecule has 0 fully saturated rings. The van der Waals surface area contributed by atoms with Crippen molar-refractivity contribution >= 4 is 10.0 Å². The van der Waals surface area contributed by atoms with Crippen LogP contribution >= 0.6 is 0 Å². The van der Waals surface area contributed by atoms with Crippen molar-refractivity contribution in [1.29, 1.82) is 0 Å². The number of likely N-dealkylation sites (N-methyl/N-ethyl adjacent to an activating group) is 1. The van der Waals surface area contributed by atoms with Gasteiger partial charge in [0.25, 0.3) is 0 Å². The van der Waals surface area contributed by atoms with E-state index in [2.05, 4.69) is 10.4 Å². The molecule has 1 N–H and O–H groups in total. The monoisotopic (exact) mass is 316 g/mol. The molecule has 0 spiro atoms. The van der Waals surface area contributed by atoms with Crippen LogP contribution in [0.3, 0.4) is 0 Å². The van der Waals surface area contributed by atoms with Crippen molar-refractivity contribution in [2.75, 3.05) is 26.7 Å². The van der Waals surface area contributed by atoms with Gasteiger partial charge in [0.1, 0.15) is 4.90 Å². The molecule has 0 radical (unpaired) electrons. The SMILES string of the molecule is CCNCCn1nc(C)c(S(=O)(=O)N(C)CC(C)C)c1C. The summed E-state index contributed by atoms with van der Waals surface area (Å²) in [6.07, 6.45) is 0. The second-order valence-corrected chi connectivity index (χ2v) is 7.74. The minimum absolute atomic E-state index is 0.286. The van der Waals surface area contributed by atoms with Crippen molar-refractivity contribution in [2.45, 2.75) is 46.1 Å². The first kappa shape index (κ1) is 18.1. The number of hydrogen-bond acceptors (Lipinski definition) is 4. The highest BCUT2D eigenvalue weighted by molar-refractivity contribution is 7.89. The Balaban J connectivity index is 3.07. The van der Waals surface area contributed by atoms with Gasteiger partial charge in [-0.3, -0.25) is 4.68 Å². The first-order valence-electron chi connectivity index (χ1n) is 7.42. The summed E-state index contributed by atoms with van der Waals surface area (Å²) in [4.78, 5) is 0.349. The van der Waals surface area contributed by atoms with E-state index in [1.165, 1.54) is 4.31 Å². The minimum Gasteiger partial charge on any atom is -0.315 e. The summed E-state index contributed by atoms with van der Waals surface area (Å²) in [6, 6.07) is 0. The Bertz CT molecular complexity index is 564. The van der Waals surface area contributed by atoms with Crippen LogP contribution in [0.1, 0.15) is 32.2 Å². The molecule has 1 heterocycles. The smallest absolute Gasteiger partial charge is 0.246 e. The molecule has 6 nitrogen and oxygen atoms in total. The predicted molar refractivity (Wildman–Crippen MR) is 84.9 cm³/mol. The van der Waals surface area contributed by atoms with Crippen molar-refractivity contribution in [3.8, 4) is 0 Å². The molecule has 0 unspecified atom stereocenters. The van der Waals surface area contributed by atoms with Gasteiger partial charge in [-0.1, -0.05) is 20.8 Å². The molecule has 21 heavy (non-hydrogen) atoms. The van der Waals surface area contributed by atoms with Gasteiger partial charge in [-0.15, -0.1) is 0 Å². The normalized spacial score (nSPS) is 12.6. The van der Waals surface area contributed by atoms with Gasteiger partial charge in [0.2, 0.25) is 10.0 Å². The van der Waals surface area contributed by atoms with Crippen LogP contribution in [0.15, 0.2) is 4.90 Å². The third-order valence-corrected chi connectivity index (χ3v) is 5.43. The maximum atomic E-state index is 12.7. The van der Waals surface area contributed by atoms with Crippen LogP contribution in [0, 0.1) is 19.8 Å². The topological polar surface area (TPSA) is 67.2 Å². The second kappa shape index (κ2) is 7.38. The predicted octanol–water partition coefficient (Wildman–Crippen LogP) is 1.39. The molecule has 0 amide bonds. The number of nitrogens with zero attached hydrogens (tertiary/aromatic N) is 3. The molecule has 0 bridgehead atoms. The number of aryl methyl sites for hydroxylation is 1. The molecule has 1 aromatic rings. The maximum absolute atomic E-state index is 12.7. The van der Waals surface area contributed by atoms with E-state index < -0.39 is 10.0 Å². The molecule has 7 heteroatoms. The summed E-state index contributed by atoms with van der Waals surface area (Å²) in [5.74, 6) is 0.286. The van der Waals surface area contributed by atoms with Crippen molar-refractivity contribution in [3.63, 3.8) is 0 Å². The Morgan fingerprint density at radius 2 is 1.95 bits per heavy atom. The van der Waals surface area contributed by atoms with Gasteiger partial charge >= 0.3 is 0 Å². The van der Waals surface area contributed by atoms with E-state index in [0.29, 0.717) is 29.4 Å². The standard InChI is InChI=1S/C14H28N4O2S/c1-7-15-8-9-18-13(5)14(12(4)16-18)21(19,20)17(6)10-11(2)3/h11,15H,7-10H2,1-6H3. The van der Waals surface area contributed by atoms with Crippen molar-refractivity contribution < 1.29 is 8.42 Å². The van der Waals surface area contributed by atoms with E-state index in [0.717, 1.165) is 13.1 Å². The lowest BCUT2D eigenvalue weighted by atomic mass is 10.2. The van der Waals surface area contributed by atoms with E-state index in [1.807, 2.05) is 27.7 Å². The van der Waals surface area contributed by atoms with Crippen LogP contribution in [0.4, 0.5) is 0 Å². The largest absolute Gasteiger partial charge is 0.315 e. The number of rotatable bonds is 8. The molecular weight excluding hydrogens is 288 g/mol. The zero-order valence-electron chi connectivity index (χ0n) is 14.0. The Morgan fingerprint density at radius 3 is 2.48 bits per heavy atom. The van der Waals surface area contributed by atoms with E-state index in [-0.39, 0.29) is 5.92 Å². The summed E-state index contributed by atoms with van der Waals surface area (Å²) in [7, 11) is -1.85. The number of sulfonamides is 1. The fourth-order valence-electron chi connectivity index (χ4n) is 2.40. The first-order chi connectivity index (χ1) is 9.71. The Kier molecular flexibility index (Phi) is 6.37. The average molecular weight is 316 g/mol. The third-order valence-electron chi connectivity index (χ3n) is 3.36. The lowest BCUT2D eigenvalue weighted by Crippen LogP contribution is -2.31. The zero-order valence-corrected chi connectivity index (χ0v) is 14.8. The molecule has 1 aromatic heterocycles. The van der Waals surface area contributed by atoms with Gasteiger partial charge in [-0.2, -0.15) is 5.10 Å². The fourth-order valence-corrected chi connectivity index (χ4v) is 4.10. The highest BCUT2D eigenvalue weighted by Crippen LogP contribution is 2.23. The number of aromatic nitrogens is 2. The van der Waals surface area contributed by atoms with Gasteiger partial charge in [0, 0.05) is 20.1 Å². The van der Waals surface area contributed by atoms with Gasteiger partial charge in [0.05, 0.1) is 17.9 Å². The molecule has 0 aliphatic heterocycles. The summed E-state index contributed by atoms with van der Waals surface area (Å²) < 4.78 is 28.6. The summed E-state index contributed by atoms with van der Waals surface area (Å²) in [5.41, 5.74) is 1.28. The molecule has 0 saturated carbocycles. The van der Waals surface area contributed by atoms with Gasteiger partial charge in [-0.25, -0.2) is 12.7 Å². The first-order valence-corrected chi connectivity index (χ1v) is 8.86. The molecule has 0 aromatic carbocycles. The number of nitrogens with one attached hydrogen (secondary N) is 1. The third kappa shape index (κ3) is 4.28. The summed E-state index contributed by atoms with van der Waals surface area (Å²) in [5, 5.41) is 7.60. The van der Waals surface area contributed by atoms with Crippen molar-refractivity contribution in [2.24, 2.45) is 5.92 Å². The molecule has 0 aliphatic rings. The van der Waals surface area contributed by atoms with E-state index in [4.69, 9.17) is 0 Å². The quantitative estimate of drug-likeness (QED) is 0.736. The van der Waals surface area contributed by atoms with E-state index in [9.17, 15) is 8.42 Å². The highest BCUT2D eigenvalue weighted by atomic mass is 32.2. The summed E-state index contributed by atoms with van der Waals surface area (Å²) in [6.45, 7) is 12.5. The molecular formula is C14H28N4O2S. The number of hydrogen-bond donors (Lipinski definition) is 1. The Labute approximate surface area is 128 Å². The average Bonchev–Trinajstić information content (AvgIpc) is 2.64. The van der Waals surface area contributed by atoms with Gasteiger partial charge < -0.3 is 5.32 Å². The van der Waals surface area contributed by atoms with Crippen molar-refractivity contribution in [3.05, 3.63) is 11.4 Å². The second-order valence-electron chi connectivity index (χ2n) is 5.76. The molecule has 122 valence electrons. The van der Waals surface area contributed by atoms with Crippen LogP contribution in [0.2, 0.25) is 0 Å². The highest BCUT2D eigenvalue weighted by Gasteiger charge is 2.28.